The van der Waals surface area contributed by atoms with Gasteiger partial charge in [-0.25, -0.2) is 0 Å². The molecule has 1 fully saturated rings. The molecule has 2 atom stereocenters. The van der Waals surface area contributed by atoms with Gasteiger partial charge in [-0.15, -0.1) is 11.8 Å². The average Bonchev–Trinajstić information content (AvgIpc) is 2.37. The molecule has 1 aliphatic heterocycles. The van der Waals surface area contributed by atoms with Crippen LogP contribution < -0.4 is 0 Å². The molecule has 2 unspecified atom stereocenters. The Morgan fingerprint density at radius 2 is 2.39 bits per heavy atom. The third-order valence-corrected chi connectivity index (χ3v) is 4.24. The third-order valence-electron chi connectivity index (χ3n) is 3.12. The van der Waals surface area contributed by atoms with E-state index in [-0.39, 0.29) is 0 Å². The summed E-state index contributed by atoms with van der Waals surface area (Å²) < 4.78 is 5.74. The van der Waals surface area contributed by atoms with Crippen molar-refractivity contribution in [3.8, 4) is 0 Å². The number of rotatable bonds is 4. The molecular formula is C14H21NO2S. The van der Waals surface area contributed by atoms with E-state index in [9.17, 15) is 5.11 Å². The van der Waals surface area contributed by atoms with Crippen LogP contribution in [0.2, 0.25) is 0 Å². The summed E-state index contributed by atoms with van der Waals surface area (Å²) in [6, 6.07) is 8.10. The molecule has 0 bridgehead atoms. The minimum Gasteiger partial charge on any atom is -0.389 e. The number of morpholine rings is 1. The van der Waals surface area contributed by atoms with Crippen LogP contribution in [0, 0.1) is 0 Å². The highest BCUT2D eigenvalue weighted by atomic mass is 32.2. The lowest BCUT2D eigenvalue weighted by Gasteiger charge is -2.29. The second-order valence-electron chi connectivity index (χ2n) is 4.81. The summed E-state index contributed by atoms with van der Waals surface area (Å²) in [6.07, 6.45) is -0.0911. The van der Waals surface area contributed by atoms with E-state index in [0.717, 1.165) is 31.0 Å². The fourth-order valence-electron chi connectivity index (χ4n) is 2.02. The predicted molar refractivity (Wildman–Crippen MR) is 75.0 cm³/mol. The largest absolute Gasteiger partial charge is 0.389 e. The van der Waals surface area contributed by atoms with Crippen molar-refractivity contribution in [2.45, 2.75) is 24.0 Å². The fraction of sp³-hybridized carbons (Fsp3) is 0.571. The van der Waals surface area contributed by atoms with Crippen LogP contribution in [0.15, 0.2) is 29.2 Å². The van der Waals surface area contributed by atoms with Crippen LogP contribution in [0.4, 0.5) is 0 Å². The zero-order valence-corrected chi connectivity index (χ0v) is 11.8. The number of hydrogen-bond acceptors (Lipinski definition) is 4. The maximum atomic E-state index is 9.56. The van der Waals surface area contributed by atoms with Crippen molar-refractivity contribution >= 4 is 11.8 Å². The van der Waals surface area contributed by atoms with Gasteiger partial charge in [-0.3, -0.25) is 0 Å². The molecule has 0 spiro atoms. The summed E-state index contributed by atoms with van der Waals surface area (Å²) in [5.74, 6) is 0.966. The molecule has 1 heterocycles. The molecule has 0 saturated carbocycles. The van der Waals surface area contributed by atoms with Crippen molar-refractivity contribution in [1.82, 2.24) is 4.90 Å². The summed E-state index contributed by atoms with van der Waals surface area (Å²) >= 11 is 1.80. The Morgan fingerprint density at radius 3 is 3.11 bits per heavy atom. The molecule has 100 valence electrons. The number of benzene rings is 1. The standard InChI is InChI=1S/C14H21NO2S/c1-11(16)12-4-3-5-14(8-12)18-10-13-9-15(2)6-7-17-13/h3-5,8,11,13,16H,6-7,9-10H2,1-2H3. The minimum atomic E-state index is -0.400. The second-order valence-corrected chi connectivity index (χ2v) is 5.91. The van der Waals surface area contributed by atoms with Gasteiger partial charge >= 0.3 is 0 Å². The molecule has 1 saturated heterocycles. The number of thioether (sulfide) groups is 1. The highest BCUT2D eigenvalue weighted by Gasteiger charge is 2.17. The van der Waals surface area contributed by atoms with E-state index in [1.807, 2.05) is 12.1 Å². The first-order valence-electron chi connectivity index (χ1n) is 6.36. The number of aliphatic hydroxyl groups is 1. The van der Waals surface area contributed by atoms with Crippen molar-refractivity contribution in [3.05, 3.63) is 29.8 Å². The number of aliphatic hydroxyl groups excluding tert-OH is 1. The first kappa shape index (κ1) is 13.9. The van der Waals surface area contributed by atoms with Crippen LogP contribution >= 0.6 is 11.8 Å². The van der Waals surface area contributed by atoms with Crippen LogP contribution in [0.3, 0.4) is 0 Å². The van der Waals surface area contributed by atoms with E-state index >= 15 is 0 Å². The van der Waals surface area contributed by atoms with E-state index in [1.165, 1.54) is 4.90 Å². The molecule has 0 aliphatic carbocycles. The van der Waals surface area contributed by atoms with Gasteiger partial charge in [-0.2, -0.15) is 0 Å². The molecule has 1 N–H and O–H groups in total. The number of hydrogen-bond donors (Lipinski definition) is 1. The Hall–Kier alpha value is -0.550. The van der Waals surface area contributed by atoms with Crippen molar-refractivity contribution in [1.29, 1.82) is 0 Å². The molecule has 1 aromatic carbocycles. The van der Waals surface area contributed by atoms with Crippen LogP contribution in [0.1, 0.15) is 18.6 Å². The van der Waals surface area contributed by atoms with E-state index in [2.05, 4.69) is 24.1 Å². The van der Waals surface area contributed by atoms with Crippen molar-refractivity contribution in [2.24, 2.45) is 0 Å². The maximum absolute atomic E-state index is 9.56. The van der Waals surface area contributed by atoms with Gasteiger partial charge in [0.25, 0.3) is 0 Å². The molecule has 2 rings (SSSR count). The molecule has 0 radical (unpaired) electrons. The van der Waals surface area contributed by atoms with Crippen LogP contribution in [-0.4, -0.2) is 48.6 Å². The van der Waals surface area contributed by atoms with Gasteiger partial charge < -0.3 is 14.7 Å². The lowest BCUT2D eigenvalue weighted by molar-refractivity contribution is -0.00598. The molecule has 0 aromatic heterocycles. The SMILES string of the molecule is CC(O)c1cccc(SCC2CN(C)CCO2)c1. The molecule has 4 heteroatoms. The van der Waals surface area contributed by atoms with Gasteiger partial charge in [-0.05, 0) is 31.7 Å². The summed E-state index contributed by atoms with van der Waals surface area (Å²) in [6.45, 7) is 4.65. The first-order chi connectivity index (χ1) is 8.65. The molecular weight excluding hydrogens is 246 g/mol. The average molecular weight is 267 g/mol. The zero-order valence-electron chi connectivity index (χ0n) is 11.0. The van der Waals surface area contributed by atoms with Crippen molar-refractivity contribution < 1.29 is 9.84 Å². The van der Waals surface area contributed by atoms with Gasteiger partial charge in [0, 0.05) is 23.7 Å². The minimum absolute atomic E-state index is 0.309. The van der Waals surface area contributed by atoms with E-state index < -0.39 is 6.10 Å². The molecule has 18 heavy (non-hydrogen) atoms. The van der Waals surface area contributed by atoms with E-state index in [4.69, 9.17) is 4.74 Å². The Kier molecular flexibility index (Phi) is 5.06. The van der Waals surface area contributed by atoms with Crippen LogP contribution in [0.25, 0.3) is 0 Å². The lowest BCUT2D eigenvalue weighted by Crippen LogP contribution is -2.41. The molecule has 1 aromatic rings. The summed E-state index contributed by atoms with van der Waals surface area (Å²) in [7, 11) is 2.13. The van der Waals surface area contributed by atoms with Crippen molar-refractivity contribution in [2.75, 3.05) is 32.5 Å². The number of nitrogens with zero attached hydrogens (tertiary/aromatic N) is 1. The summed E-state index contributed by atoms with van der Waals surface area (Å²) in [5, 5.41) is 9.56. The highest BCUT2D eigenvalue weighted by molar-refractivity contribution is 7.99. The second kappa shape index (κ2) is 6.57. The predicted octanol–water partition coefficient (Wildman–Crippen LogP) is 2.16. The third kappa shape index (κ3) is 3.99. The quantitative estimate of drug-likeness (QED) is 0.848. The van der Waals surface area contributed by atoms with Gasteiger partial charge in [0.2, 0.25) is 0 Å². The van der Waals surface area contributed by atoms with E-state index in [1.54, 1.807) is 18.7 Å². The van der Waals surface area contributed by atoms with Crippen molar-refractivity contribution in [3.63, 3.8) is 0 Å². The summed E-state index contributed by atoms with van der Waals surface area (Å²) in [5.41, 5.74) is 0.974. The van der Waals surface area contributed by atoms with Gasteiger partial charge in [0.15, 0.2) is 0 Å². The Balaban J connectivity index is 1.87. The lowest BCUT2D eigenvalue weighted by atomic mass is 10.1. The van der Waals surface area contributed by atoms with Gasteiger partial charge in [-0.1, -0.05) is 12.1 Å². The monoisotopic (exact) mass is 267 g/mol. The highest BCUT2D eigenvalue weighted by Crippen LogP contribution is 2.24. The smallest absolute Gasteiger partial charge is 0.0796 e. The number of ether oxygens (including phenoxy) is 1. The maximum Gasteiger partial charge on any atom is 0.0796 e. The Labute approximate surface area is 113 Å². The van der Waals surface area contributed by atoms with Gasteiger partial charge in [0.1, 0.15) is 0 Å². The fourth-order valence-corrected chi connectivity index (χ4v) is 3.00. The normalized spacial score (nSPS) is 22.9. The molecule has 0 amide bonds. The van der Waals surface area contributed by atoms with Crippen LogP contribution in [0.5, 0.6) is 0 Å². The Morgan fingerprint density at radius 1 is 1.56 bits per heavy atom. The van der Waals surface area contributed by atoms with Gasteiger partial charge in [0.05, 0.1) is 18.8 Å². The topological polar surface area (TPSA) is 32.7 Å². The molecule has 3 nitrogen and oxygen atoms in total. The molecule has 1 aliphatic rings. The Bertz CT molecular complexity index is 384. The van der Waals surface area contributed by atoms with Crippen LogP contribution in [-0.2, 0) is 4.74 Å². The summed E-state index contributed by atoms with van der Waals surface area (Å²) in [4.78, 5) is 3.51. The zero-order chi connectivity index (χ0) is 13.0. The van der Waals surface area contributed by atoms with E-state index in [0.29, 0.717) is 6.10 Å². The first-order valence-corrected chi connectivity index (χ1v) is 7.34. The number of likely N-dealkylation sites (N-methyl/N-ethyl adjacent to an activating group) is 1.